The van der Waals surface area contributed by atoms with Gasteiger partial charge in [-0.3, -0.25) is 9.59 Å². The van der Waals surface area contributed by atoms with Gasteiger partial charge in [0.2, 0.25) is 11.8 Å². The van der Waals surface area contributed by atoms with Gasteiger partial charge in [-0.1, -0.05) is 82.3 Å². The molecule has 0 spiro atoms. The largest absolute Gasteiger partial charge is 0.480 e. The van der Waals surface area contributed by atoms with Gasteiger partial charge in [-0.15, -0.1) is 0 Å². The molecule has 2 aromatic carbocycles. The molecule has 0 saturated heterocycles. The van der Waals surface area contributed by atoms with E-state index in [9.17, 15) is 29.4 Å². The summed E-state index contributed by atoms with van der Waals surface area (Å²) in [6, 6.07) is 15.7. The van der Waals surface area contributed by atoms with E-state index in [0.29, 0.717) is 0 Å². The van der Waals surface area contributed by atoms with E-state index in [2.05, 4.69) is 10.6 Å². The van der Waals surface area contributed by atoms with Crippen molar-refractivity contribution in [3.63, 3.8) is 0 Å². The normalized spacial score (nSPS) is 11.6. The molecule has 2 aromatic rings. The van der Waals surface area contributed by atoms with Gasteiger partial charge in [0.25, 0.3) is 0 Å². The molecule has 0 aliphatic rings. The summed E-state index contributed by atoms with van der Waals surface area (Å²) < 4.78 is 0. The molecule has 0 unspecified atom stereocenters. The molecule has 2 amide bonds. The van der Waals surface area contributed by atoms with Gasteiger partial charge in [0, 0.05) is 114 Å². The Morgan fingerprint density at radius 1 is 0.647 bits per heavy atom. The number of aliphatic carboxylic acids is 2. The first-order valence-corrected chi connectivity index (χ1v) is 12.2. The zero-order valence-corrected chi connectivity index (χ0v) is 27.0. The molecular weight excluding hydrogens is 531 g/mol. The number of carboxylic acids is 2. The van der Waals surface area contributed by atoms with E-state index in [1.165, 1.54) is 0 Å². The average molecular weight is 555 g/mol. The number of rotatable bonds is 13. The standard InChI is InChI=1S/C22H24N2O6S2.2K/c25-19(11-15-7-3-1-4-8-15)23-17(21(27)28)13-31-32-14-18(22(29)30)24-20(26)12-16-9-5-2-6-10-16;;/h1-10,17-18H,11-14H2,(H,23,25)(H,24,26)(H,27,28)(H,29,30);;/t17-,18-;;/m0../s1. The molecule has 0 saturated carbocycles. The fourth-order valence-electron chi connectivity index (χ4n) is 2.63. The maximum Gasteiger partial charge on any atom is 0.327 e. The molecule has 2 radical (unpaired) electrons. The van der Waals surface area contributed by atoms with Crippen LogP contribution in [0.3, 0.4) is 0 Å². The summed E-state index contributed by atoms with van der Waals surface area (Å²) in [6.07, 6.45) is 0.133. The zero-order chi connectivity index (χ0) is 23.3. The predicted molar refractivity (Wildman–Crippen MR) is 136 cm³/mol. The molecule has 172 valence electrons. The minimum absolute atomic E-state index is 0. The quantitative estimate of drug-likeness (QED) is 0.165. The first-order valence-electron chi connectivity index (χ1n) is 9.71. The van der Waals surface area contributed by atoms with Crippen LogP contribution in [0.4, 0.5) is 0 Å². The number of nitrogens with one attached hydrogen (secondary N) is 2. The van der Waals surface area contributed by atoms with Crippen LogP contribution in [0.5, 0.6) is 0 Å². The van der Waals surface area contributed by atoms with Gasteiger partial charge >= 0.3 is 11.9 Å². The Balaban J connectivity index is 0.00000544. The minimum atomic E-state index is -1.18. The van der Waals surface area contributed by atoms with Crippen molar-refractivity contribution in [3.8, 4) is 0 Å². The van der Waals surface area contributed by atoms with Crippen molar-refractivity contribution < 1.29 is 29.4 Å². The molecule has 0 bridgehead atoms. The Hall–Kier alpha value is 0.293. The molecular formula is C22H24K2N2O6S2. The van der Waals surface area contributed by atoms with Crippen LogP contribution in [0.15, 0.2) is 60.7 Å². The topological polar surface area (TPSA) is 133 Å². The summed E-state index contributed by atoms with van der Waals surface area (Å²) >= 11 is 0. The maximum atomic E-state index is 12.1. The van der Waals surface area contributed by atoms with Crippen molar-refractivity contribution in [1.82, 2.24) is 10.6 Å². The van der Waals surface area contributed by atoms with Gasteiger partial charge in [0.05, 0.1) is 12.8 Å². The number of carbonyl (C=O) groups is 4. The van der Waals surface area contributed by atoms with Gasteiger partial charge in [-0.25, -0.2) is 9.59 Å². The fourth-order valence-corrected chi connectivity index (χ4v) is 4.95. The average Bonchev–Trinajstić information content (AvgIpc) is 2.76. The van der Waals surface area contributed by atoms with E-state index in [0.717, 1.165) is 32.7 Å². The second-order valence-corrected chi connectivity index (χ2v) is 9.36. The first kappa shape index (κ1) is 34.3. The monoisotopic (exact) mass is 554 g/mol. The summed E-state index contributed by atoms with van der Waals surface area (Å²) in [5.74, 6) is -3.08. The third kappa shape index (κ3) is 14.1. The van der Waals surface area contributed by atoms with Crippen LogP contribution in [-0.2, 0) is 32.0 Å². The van der Waals surface area contributed by atoms with Crippen LogP contribution in [0.2, 0.25) is 0 Å². The Morgan fingerprint density at radius 3 is 1.26 bits per heavy atom. The van der Waals surface area contributed by atoms with E-state index in [4.69, 9.17) is 0 Å². The van der Waals surface area contributed by atoms with Crippen LogP contribution in [0.1, 0.15) is 11.1 Å². The van der Waals surface area contributed by atoms with Gasteiger partial charge in [-0.2, -0.15) is 0 Å². The van der Waals surface area contributed by atoms with Crippen molar-refractivity contribution in [2.75, 3.05) is 11.5 Å². The van der Waals surface area contributed by atoms with Crippen LogP contribution in [-0.4, -0.2) is 160 Å². The third-order valence-corrected chi connectivity index (χ3v) is 6.66. The van der Waals surface area contributed by atoms with Crippen molar-refractivity contribution in [2.45, 2.75) is 24.9 Å². The van der Waals surface area contributed by atoms with Gasteiger partial charge in [0.15, 0.2) is 0 Å². The molecule has 0 aromatic heterocycles. The molecule has 0 fully saturated rings. The summed E-state index contributed by atoms with van der Waals surface area (Å²) in [6.45, 7) is 0. The van der Waals surface area contributed by atoms with E-state index in [-0.39, 0.29) is 127 Å². The molecule has 0 heterocycles. The summed E-state index contributed by atoms with van der Waals surface area (Å²) in [4.78, 5) is 47.1. The Morgan fingerprint density at radius 2 is 0.971 bits per heavy atom. The van der Waals surface area contributed by atoms with Crippen LogP contribution in [0.25, 0.3) is 0 Å². The molecule has 34 heavy (non-hydrogen) atoms. The number of hydrogen-bond donors (Lipinski definition) is 4. The fraction of sp³-hybridized carbons (Fsp3) is 0.273. The SMILES string of the molecule is O=C(Cc1ccccc1)N[C@@H](CSSC[C@H](NC(=O)Cc1ccccc1)C(=O)O)C(=O)O.[K].[K]. The minimum Gasteiger partial charge on any atom is -0.480 e. The molecule has 0 aliphatic carbocycles. The van der Waals surface area contributed by atoms with E-state index in [1.54, 1.807) is 48.5 Å². The number of carbonyl (C=O) groups excluding carboxylic acids is 2. The van der Waals surface area contributed by atoms with E-state index in [1.807, 2.05) is 12.1 Å². The Bertz CT molecular complexity index is 847. The van der Waals surface area contributed by atoms with Crippen molar-refractivity contribution in [1.29, 1.82) is 0 Å². The van der Waals surface area contributed by atoms with Crippen molar-refractivity contribution >= 4 is 148 Å². The van der Waals surface area contributed by atoms with E-state index >= 15 is 0 Å². The van der Waals surface area contributed by atoms with Crippen molar-refractivity contribution in [3.05, 3.63) is 71.8 Å². The molecule has 0 aliphatic heterocycles. The number of benzene rings is 2. The maximum absolute atomic E-state index is 12.1. The van der Waals surface area contributed by atoms with Crippen LogP contribution in [0, 0.1) is 0 Å². The first-order chi connectivity index (χ1) is 15.3. The summed E-state index contributed by atoms with van der Waals surface area (Å²) in [5, 5.41) is 23.7. The number of carboxylic acid groups (broad SMARTS) is 2. The Labute approximate surface area is 291 Å². The molecule has 2 atom stereocenters. The van der Waals surface area contributed by atoms with Gasteiger partial charge in [-0.05, 0) is 11.1 Å². The predicted octanol–water partition coefficient (Wildman–Crippen LogP) is 1.23. The summed E-state index contributed by atoms with van der Waals surface area (Å²) in [5.41, 5.74) is 1.54. The number of hydrogen-bond acceptors (Lipinski definition) is 6. The van der Waals surface area contributed by atoms with Gasteiger partial charge in [0.1, 0.15) is 12.1 Å². The second-order valence-electron chi connectivity index (χ2n) is 6.81. The third-order valence-electron chi connectivity index (χ3n) is 4.23. The smallest absolute Gasteiger partial charge is 0.327 e. The molecule has 8 nitrogen and oxygen atoms in total. The second kappa shape index (κ2) is 19.4. The van der Waals surface area contributed by atoms with Crippen LogP contribution < -0.4 is 10.6 Å². The van der Waals surface area contributed by atoms with Gasteiger partial charge < -0.3 is 20.8 Å². The molecule has 2 rings (SSSR count). The Kier molecular flexibility index (Phi) is 19.6. The van der Waals surface area contributed by atoms with E-state index < -0.39 is 35.8 Å². The van der Waals surface area contributed by atoms with Crippen LogP contribution >= 0.6 is 21.6 Å². The molecule has 12 heteroatoms. The van der Waals surface area contributed by atoms with Crippen molar-refractivity contribution in [2.24, 2.45) is 0 Å². The summed E-state index contributed by atoms with van der Waals surface area (Å²) in [7, 11) is 2.24. The number of amides is 2. The zero-order valence-electron chi connectivity index (χ0n) is 19.1. The molecule has 4 N–H and O–H groups in total.